The van der Waals surface area contributed by atoms with Gasteiger partial charge in [-0.3, -0.25) is 9.59 Å². The summed E-state index contributed by atoms with van der Waals surface area (Å²) in [6, 6.07) is 15.3. The van der Waals surface area contributed by atoms with Crippen LogP contribution < -0.4 is 10.6 Å². The Kier molecular flexibility index (Phi) is 7.73. The van der Waals surface area contributed by atoms with E-state index < -0.39 is 18.1 Å². The number of fused-ring (bicyclic) bond motifs is 3. The van der Waals surface area contributed by atoms with E-state index in [4.69, 9.17) is 9.84 Å². The zero-order valence-electron chi connectivity index (χ0n) is 20.3. The van der Waals surface area contributed by atoms with Crippen LogP contribution in [-0.2, 0) is 14.3 Å². The Balaban J connectivity index is 1.38. The molecule has 0 aliphatic heterocycles. The van der Waals surface area contributed by atoms with Crippen molar-refractivity contribution < 1.29 is 24.2 Å². The quantitative estimate of drug-likeness (QED) is 0.485. The molecule has 1 saturated carbocycles. The molecule has 1 fully saturated rings. The smallest absolute Gasteiger partial charge is 0.407 e. The minimum Gasteiger partial charge on any atom is -0.481 e. The highest BCUT2D eigenvalue weighted by Crippen LogP contribution is 2.44. The van der Waals surface area contributed by atoms with Crippen LogP contribution in [0.4, 0.5) is 4.79 Å². The topological polar surface area (TPSA) is 105 Å². The first kappa shape index (κ1) is 24.8. The predicted molar refractivity (Wildman–Crippen MR) is 133 cm³/mol. The zero-order chi connectivity index (χ0) is 24.9. The fraction of sp³-hybridized carbons (Fsp3) is 0.464. The molecule has 7 heteroatoms. The van der Waals surface area contributed by atoms with Crippen LogP contribution in [0, 0.1) is 11.8 Å². The molecule has 3 N–H and O–H groups in total. The molecule has 2 aliphatic rings. The Morgan fingerprint density at radius 2 is 1.63 bits per heavy atom. The van der Waals surface area contributed by atoms with Crippen molar-refractivity contribution in [3.63, 3.8) is 0 Å². The van der Waals surface area contributed by atoms with Gasteiger partial charge < -0.3 is 20.5 Å². The molecule has 2 aliphatic carbocycles. The number of alkyl carbamates (subject to hydrolysis) is 1. The van der Waals surface area contributed by atoms with Gasteiger partial charge in [-0.2, -0.15) is 0 Å². The standard InChI is InChI=1S/C28H34N2O5/c1-17(2)14-25(27(33)29-24-13-7-8-18(24)15-26(31)32)30-28(34)35-16-23-21-11-5-3-9-19(21)20-10-4-6-12-22(20)23/h3-6,9-12,17-18,23-25H,7-8,13-16H2,1-2H3,(H,29,33)(H,30,34)(H,31,32)/t18?,24?,25-/m1/s1. The number of amides is 2. The zero-order valence-corrected chi connectivity index (χ0v) is 20.3. The molecule has 2 aromatic carbocycles. The number of carboxylic acid groups (broad SMARTS) is 1. The van der Waals surface area contributed by atoms with Gasteiger partial charge in [0.15, 0.2) is 0 Å². The molecule has 7 nitrogen and oxygen atoms in total. The first-order chi connectivity index (χ1) is 16.8. The highest BCUT2D eigenvalue weighted by atomic mass is 16.5. The van der Waals surface area contributed by atoms with E-state index in [9.17, 15) is 14.4 Å². The van der Waals surface area contributed by atoms with E-state index in [1.165, 1.54) is 0 Å². The van der Waals surface area contributed by atoms with Crippen molar-refractivity contribution in [2.45, 2.75) is 64.0 Å². The molecule has 0 radical (unpaired) electrons. The summed E-state index contributed by atoms with van der Waals surface area (Å²) in [5, 5.41) is 14.9. The Hall–Kier alpha value is -3.35. The third kappa shape index (κ3) is 5.84. The van der Waals surface area contributed by atoms with E-state index in [1.807, 2.05) is 38.1 Å². The number of ether oxygens (including phenoxy) is 1. The number of benzene rings is 2. The van der Waals surface area contributed by atoms with E-state index >= 15 is 0 Å². The fourth-order valence-electron chi connectivity index (χ4n) is 5.46. The van der Waals surface area contributed by atoms with E-state index in [1.54, 1.807) is 0 Å². The van der Waals surface area contributed by atoms with E-state index in [-0.39, 0.29) is 42.7 Å². The van der Waals surface area contributed by atoms with Crippen LogP contribution in [0.2, 0.25) is 0 Å². The Morgan fingerprint density at radius 1 is 1.00 bits per heavy atom. The summed E-state index contributed by atoms with van der Waals surface area (Å²) in [6.45, 7) is 4.16. The summed E-state index contributed by atoms with van der Waals surface area (Å²) in [5.74, 6) is -1.09. The maximum absolute atomic E-state index is 13.1. The van der Waals surface area contributed by atoms with Gasteiger partial charge in [-0.05, 0) is 53.4 Å². The summed E-state index contributed by atoms with van der Waals surface area (Å²) in [7, 11) is 0. The van der Waals surface area contributed by atoms with Crippen LogP contribution in [0.15, 0.2) is 48.5 Å². The van der Waals surface area contributed by atoms with Gasteiger partial charge in [0.05, 0.1) is 6.42 Å². The molecule has 4 rings (SSSR count). The molecule has 0 bridgehead atoms. The lowest BCUT2D eigenvalue weighted by molar-refractivity contribution is -0.138. The number of nitrogens with one attached hydrogen (secondary N) is 2. The average molecular weight is 479 g/mol. The second-order valence-electron chi connectivity index (χ2n) is 10.1. The van der Waals surface area contributed by atoms with Gasteiger partial charge in [-0.15, -0.1) is 0 Å². The first-order valence-electron chi connectivity index (χ1n) is 12.5. The molecule has 2 aromatic rings. The Morgan fingerprint density at radius 3 is 2.23 bits per heavy atom. The van der Waals surface area contributed by atoms with Gasteiger partial charge in [-0.25, -0.2) is 4.79 Å². The van der Waals surface area contributed by atoms with Crippen LogP contribution in [0.3, 0.4) is 0 Å². The summed E-state index contributed by atoms with van der Waals surface area (Å²) >= 11 is 0. The molecule has 0 aromatic heterocycles. The molecule has 0 saturated heterocycles. The third-order valence-electron chi connectivity index (χ3n) is 7.08. The SMILES string of the molecule is CC(C)C[C@@H](NC(=O)OCC1c2ccccc2-c2ccccc21)C(=O)NC1CCCC1CC(=O)O. The molecule has 186 valence electrons. The van der Waals surface area contributed by atoms with Crippen molar-refractivity contribution in [1.82, 2.24) is 10.6 Å². The van der Waals surface area contributed by atoms with Crippen LogP contribution in [0.1, 0.15) is 63.0 Å². The Labute approximate surface area is 206 Å². The van der Waals surface area contributed by atoms with Gasteiger partial charge in [0.2, 0.25) is 5.91 Å². The number of aliphatic carboxylic acids is 1. The molecule has 2 unspecified atom stereocenters. The lowest BCUT2D eigenvalue weighted by Crippen LogP contribution is -2.51. The minimum atomic E-state index is -0.855. The third-order valence-corrected chi connectivity index (χ3v) is 7.08. The van der Waals surface area contributed by atoms with Crippen molar-refractivity contribution in [3.8, 4) is 11.1 Å². The van der Waals surface area contributed by atoms with Crippen LogP contribution in [0.5, 0.6) is 0 Å². The van der Waals surface area contributed by atoms with E-state index in [0.717, 1.165) is 41.5 Å². The Bertz CT molecular complexity index is 1040. The second-order valence-corrected chi connectivity index (χ2v) is 10.1. The lowest BCUT2D eigenvalue weighted by atomic mass is 9.98. The van der Waals surface area contributed by atoms with Crippen molar-refractivity contribution in [2.24, 2.45) is 11.8 Å². The van der Waals surface area contributed by atoms with Crippen molar-refractivity contribution in [2.75, 3.05) is 6.61 Å². The van der Waals surface area contributed by atoms with Crippen LogP contribution in [-0.4, -0.2) is 41.8 Å². The highest BCUT2D eigenvalue weighted by molar-refractivity contribution is 5.86. The van der Waals surface area contributed by atoms with Crippen molar-refractivity contribution >= 4 is 18.0 Å². The minimum absolute atomic E-state index is 0.0413. The van der Waals surface area contributed by atoms with Crippen molar-refractivity contribution in [3.05, 3.63) is 59.7 Å². The first-order valence-corrected chi connectivity index (χ1v) is 12.5. The summed E-state index contributed by atoms with van der Waals surface area (Å²) in [6.07, 6.45) is 2.31. The molecule has 2 amide bonds. The number of rotatable bonds is 9. The molecule has 3 atom stereocenters. The van der Waals surface area contributed by atoms with Gasteiger partial charge in [0.1, 0.15) is 12.6 Å². The van der Waals surface area contributed by atoms with Crippen molar-refractivity contribution in [1.29, 1.82) is 0 Å². The van der Waals surface area contributed by atoms with Gasteiger partial charge in [-0.1, -0.05) is 68.8 Å². The van der Waals surface area contributed by atoms with Gasteiger partial charge in [0, 0.05) is 12.0 Å². The van der Waals surface area contributed by atoms with E-state index in [0.29, 0.717) is 6.42 Å². The van der Waals surface area contributed by atoms with Gasteiger partial charge >= 0.3 is 12.1 Å². The van der Waals surface area contributed by atoms with Gasteiger partial charge in [0.25, 0.3) is 0 Å². The molecular weight excluding hydrogens is 444 g/mol. The molecular formula is C28H34N2O5. The maximum Gasteiger partial charge on any atom is 0.407 e. The van der Waals surface area contributed by atoms with Crippen LogP contribution in [0.25, 0.3) is 11.1 Å². The number of hydrogen-bond acceptors (Lipinski definition) is 4. The highest BCUT2D eigenvalue weighted by Gasteiger charge is 2.33. The fourth-order valence-corrected chi connectivity index (χ4v) is 5.46. The molecule has 0 spiro atoms. The molecule has 35 heavy (non-hydrogen) atoms. The predicted octanol–water partition coefficient (Wildman–Crippen LogP) is 4.70. The van der Waals surface area contributed by atoms with E-state index in [2.05, 4.69) is 34.9 Å². The average Bonchev–Trinajstić information content (AvgIpc) is 3.38. The largest absolute Gasteiger partial charge is 0.481 e. The monoisotopic (exact) mass is 478 g/mol. The summed E-state index contributed by atoms with van der Waals surface area (Å²) < 4.78 is 5.64. The number of carbonyl (C=O) groups excluding carboxylic acids is 2. The summed E-state index contributed by atoms with van der Waals surface area (Å²) in [5.41, 5.74) is 4.57. The number of hydrogen-bond donors (Lipinski definition) is 3. The normalized spacial score (nSPS) is 19.6. The number of carbonyl (C=O) groups is 3. The number of carboxylic acids is 1. The summed E-state index contributed by atoms with van der Waals surface area (Å²) in [4.78, 5) is 37.0. The van der Waals surface area contributed by atoms with Crippen LogP contribution >= 0.6 is 0 Å². The molecule has 0 heterocycles. The lowest BCUT2D eigenvalue weighted by Gasteiger charge is -2.25. The maximum atomic E-state index is 13.1. The second kappa shape index (κ2) is 10.9.